The molecule has 3 atom stereocenters. The maximum atomic E-state index is 6.87. The smallest absolute Gasteiger partial charge is 0.164 e. The lowest BCUT2D eigenvalue weighted by atomic mass is 9.85. The summed E-state index contributed by atoms with van der Waals surface area (Å²) in [6.45, 7) is 0. The Kier molecular flexibility index (Phi) is 8.06. The average molecular weight is 732 g/mol. The number of allylic oxidation sites excluding steroid dienone is 6. The highest BCUT2D eigenvalue weighted by molar-refractivity contribution is 6.01. The zero-order chi connectivity index (χ0) is 37.7. The van der Waals surface area contributed by atoms with Crippen molar-refractivity contribution in [3.63, 3.8) is 0 Å². The standard InChI is InChI=1S/C53H37N3O/c1-3-13-34(14-4-1)39-19-11-20-40(31-39)41-29-30-45-47-33-48(44-22-9-10-23-46(44)50(47)57-49(45)32-41)53-55-51(37-16-5-2-6-17-37)54-52(56-53)38-27-25-36(26-28-38)43-24-12-18-35-15-7-8-21-42(35)43/h1-25,27-33,36,45,49H,26H2. The van der Waals surface area contributed by atoms with Crippen LogP contribution in [0, 0.1) is 0 Å². The monoisotopic (exact) mass is 731 g/mol. The minimum absolute atomic E-state index is 0.0642. The van der Waals surface area contributed by atoms with Gasteiger partial charge in [0.05, 0.1) is 0 Å². The van der Waals surface area contributed by atoms with Gasteiger partial charge >= 0.3 is 0 Å². The minimum atomic E-state index is -0.125. The van der Waals surface area contributed by atoms with E-state index in [-0.39, 0.29) is 17.9 Å². The van der Waals surface area contributed by atoms with Gasteiger partial charge in [-0.05, 0) is 68.6 Å². The van der Waals surface area contributed by atoms with Crippen LogP contribution in [-0.2, 0) is 0 Å². The molecule has 8 aromatic rings. The van der Waals surface area contributed by atoms with E-state index < -0.39 is 0 Å². The number of rotatable bonds is 6. The minimum Gasteiger partial charge on any atom is -0.484 e. The van der Waals surface area contributed by atoms with Crippen LogP contribution in [0.3, 0.4) is 0 Å². The maximum absolute atomic E-state index is 6.87. The van der Waals surface area contributed by atoms with Crippen molar-refractivity contribution in [1.29, 1.82) is 0 Å². The van der Waals surface area contributed by atoms with E-state index in [4.69, 9.17) is 19.7 Å². The van der Waals surface area contributed by atoms with Crippen LogP contribution in [0.2, 0.25) is 0 Å². The molecule has 0 saturated heterocycles. The molecule has 0 bridgehead atoms. The summed E-state index contributed by atoms with van der Waals surface area (Å²) in [5, 5.41) is 4.68. The molecule has 3 aliphatic rings. The van der Waals surface area contributed by atoms with E-state index in [0.717, 1.165) is 50.8 Å². The summed E-state index contributed by atoms with van der Waals surface area (Å²) >= 11 is 0. The van der Waals surface area contributed by atoms with Gasteiger partial charge in [0.2, 0.25) is 0 Å². The van der Waals surface area contributed by atoms with Gasteiger partial charge in [-0.25, -0.2) is 15.0 Å². The highest BCUT2D eigenvalue weighted by Gasteiger charge is 2.36. The zero-order valence-electron chi connectivity index (χ0n) is 31.2. The van der Waals surface area contributed by atoms with E-state index in [2.05, 4.69) is 176 Å². The Bertz CT molecular complexity index is 2970. The molecule has 3 unspecified atom stereocenters. The number of fused-ring (bicyclic) bond motifs is 6. The Morgan fingerprint density at radius 1 is 0.474 bits per heavy atom. The van der Waals surface area contributed by atoms with E-state index in [1.165, 1.54) is 33.0 Å². The second-order valence-electron chi connectivity index (χ2n) is 15.0. The number of ether oxygens (including phenoxy) is 1. The Morgan fingerprint density at radius 2 is 1.12 bits per heavy atom. The van der Waals surface area contributed by atoms with Gasteiger partial charge in [-0.15, -0.1) is 0 Å². The molecule has 7 aromatic carbocycles. The van der Waals surface area contributed by atoms with E-state index in [9.17, 15) is 0 Å². The largest absolute Gasteiger partial charge is 0.484 e. The van der Waals surface area contributed by atoms with Crippen LogP contribution in [0.1, 0.15) is 40.8 Å². The Balaban J connectivity index is 0.977. The molecule has 2 heterocycles. The van der Waals surface area contributed by atoms with Crippen LogP contribution >= 0.6 is 0 Å². The third-order valence-electron chi connectivity index (χ3n) is 11.6. The molecule has 57 heavy (non-hydrogen) atoms. The summed E-state index contributed by atoms with van der Waals surface area (Å²) in [5.41, 5.74) is 10.2. The van der Waals surface area contributed by atoms with E-state index in [0.29, 0.717) is 17.5 Å². The second-order valence-corrected chi connectivity index (χ2v) is 15.0. The van der Waals surface area contributed by atoms with Gasteiger partial charge in [0.25, 0.3) is 0 Å². The number of aromatic nitrogens is 3. The van der Waals surface area contributed by atoms with Crippen molar-refractivity contribution < 1.29 is 4.74 Å². The van der Waals surface area contributed by atoms with Crippen molar-refractivity contribution in [3.8, 4) is 39.7 Å². The molecule has 0 amide bonds. The van der Waals surface area contributed by atoms with Crippen LogP contribution < -0.4 is 4.74 Å². The lowest BCUT2D eigenvalue weighted by Gasteiger charge is -2.19. The third kappa shape index (κ3) is 5.98. The van der Waals surface area contributed by atoms with Crippen LogP contribution in [0.15, 0.2) is 194 Å². The third-order valence-corrected chi connectivity index (χ3v) is 11.6. The summed E-state index contributed by atoms with van der Waals surface area (Å²) < 4.78 is 6.87. The number of benzene rings is 7. The molecule has 270 valence electrons. The molecule has 2 aliphatic carbocycles. The van der Waals surface area contributed by atoms with Crippen molar-refractivity contribution in [2.75, 3.05) is 0 Å². The van der Waals surface area contributed by atoms with Gasteiger partial charge in [0.1, 0.15) is 11.9 Å². The first-order valence-corrected chi connectivity index (χ1v) is 19.7. The van der Waals surface area contributed by atoms with Crippen LogP contribution in [0.4, 0.5) is 0 Å². The first-order valence-electron chi connectivity index (χ1n) is 19.7. The summed E-state index contributed by atoms with van der Waals surface area (Å²) in [6, 6.07) is 55.5. The zero-order valence-corrected chi connectivity index (χ0v) is 31.2. The molecule has 0 spiro atoms. The highest BCUT2D eigenvalue weighted by atomic mass is 16.5. The van der Waals surface area contributed by atoms with Crippen molar-refractivity contribution in [3.05, 3.63) is 217 Å². The predicted octanol–water partition coefficient (Wildman–Crippen LogP) is 12.8. The summed E-state index contributed by atoms with van der Waals surface area (Å²) in [6.07, 6.45) is 14.4. The maximum Gasteiger partial charge on any atom is 0.164 e. The molecular formula is C53H37N3O. The van der Waals surface area contributed by atoms with Crippen molar-refractivity contribution in [2.45, 2.75) is 24.4 Å². The van der Waals surface area contributed by atoms with Crippen molar-refractivity contribution in [2.24, 2.45) is 0 Å². The molecule has 0 fully saturated rings. The molecule has 4 nitrogen and oxygen atoms in total. The first kappa shape index (κ1) is 33.2. The van der Waals surface area contributed by atoms with Gasteiger partial charge in [-0.3, -0.25) is 0 Å². The normalized spacial score (nSPS) is 18.1. The second kappa shape index (κ2) is 13.8. The number of hydrogen-bond donors (Lipinski definition) is 0. The fraction of sp³-hybridized carbons (Fsp3) is 0.0755. The van der Waals surface area contributed by atoms with E-state index in [1.807, 2.05) is 18.2 Å². The molecule has 11 rings (SSSR count). The van der Waals surface area contributed by atoms with Crippen LogP contribution in [-0.4, -0.2) is 21.1 Å². The molecular weight excluding hydrogens is 695 g/mol. The molecule has 1 aliphatic heterocycles. The topological polar surface area (TPSA) is 47.9 Å². The summed E-state index contributed by atoms with van der Waals surface area (Å²) in [7, 11) is 0. The molecule has 0 radical (unpaired) electrons. The van der Waals surface area contributed by atoms with Gasteiger partial charge in [-0.1, -0.05) is 176 Å². The Labute approximate surface area is 331 Å². The molecule has 0 saturated carbocycles. The molecule has 0 N–H and O–H groups in total. The SMILES string of the molecule is C1=CC2c3cc(-c4nc(C5=CCC(c6cccc7ccccc67)C=C5)nc(-c5ccccc5)n4)c4ccccc4c3OC2C=C1c1cccc(-c2ccccc2)c1. The quantitative estimate of drug-likeness (QED) is 0.171. The molecule has 4 heteroatoms. The summed E-state index contributed by atoms with van der Waals surface area (Å²) in [5.74, 6) is 3.25. The fourth-order valence-corrected chi connectivity index (χ4v) is 8.75. The Morgan fingerprint density at radius 3 is 1.95 bits per heavy atom. The number of nitrogens with zero attached hydrogens (tertiary/aromatic N) is 3. The number of hydrogen-bond acceptors (Lipinski definition) is 4. The van der Waals surface area contributed by atoms with E-state index in [1.54, 1.807) is 0 Å². The lowest BCUT2D eigenvalue weighted by Crippen LogP contribution is -2.17. The van der Waals surface area contributed by atoms with Crippen molar-refractivity contribution in [1.82, 2.24) is 15.0 Å². The van der Waals surface area contributed by atoms with Gasteiger partial charge < -0.3 is 4.74 Å². The lowest BCUT2D eigenvalue weighted by molar-refractivity contribution is 0.272. The van der Waals surface area contributed by atoms with Gasteiger partial charge in [0.15, 0.2) is 17.5 Å². The van der Waals surface area contributed by atoms with Crippen LogP contribution in [0.25, 0.3) is 66.6 Å². The van der Waals surface area contributed by atoms with E-state index >= 15 is 0 Å². The first-order chi connectivity index (χ1) is 28.2. The predicted molar refractivity (Wildman–Crippen MR) is 233 cm³/mol. The van der Waals surface area contributed by atoms with Crippen molar-refractivity contribution >= 4 is 32.7 Å². The average Bonchev–Trinajstić information content (AvgIpc) is 3.67. The molecule has 1 aromatic heterocycles. The van der Waals surface area contributed by atoms with Crippen LogP contribution in [0.5, 0.6) is 5.75 Å². The highest BCUT2D eigenvalue weighted by Crippen LogP contribution is 2.49. The van der Waals surface area contributed by atoms with Gasteiger partial charge in [0, 0.05) is 39.5 Å². The van der Waals surface area contributed by atoms with Gasteiger partial charge in [-0.2, -0.15) is 0 Å². The fourth-order valence-electron chi connectivity index (χ4n) is 8.75. The summed E-state index contributed by atoms with van der Waals surface area (Å²) in [4.78, 5) is 15.5. The Hall–Kier alpha value is -7.17.